The van der Waals surface area contributed by atoms with E-state index in [4.69, 9.17) is 4.52 Å². The normalized spacial score (nSPS) is 15.8. The molecule has 30 heavy (non-hydrogen) atoms. The number of allylic oxidation sites excluding steroid dienone is 4. The summed E-state index contributed by atoms with van der Waals surface area (Å²) in [5.41, 5.74) is 0. The van der Waals surface area contributed by atoms with Gasteiger partial charge in [0.1, 0.15) is 0 Å². The van der Waals surface area contributed by atoms with Crippen LogP contribution in [-0.4, -0.2) is 42.9 Å². The van der Waals surface area contributed by atoms with Crippen LogP contribution in [0.1, 0.15) is 104 Å². The molecule has 0 saturated heterocycles. The molecule has 0 aromatic heterocycles. The lowest BCUT2D eigenvalue weighted by Crippen LogP contribution is -2.44. The maximum absolute atomic E-state index is 12.5. The van der Waals surface area contributed by atoms with Gasteiger partial charge in [-0.05, 0) is 57.8 Å². The fraction of sp³-hybridized carbons (Fsp3) is 0.840. The molecule has 0 aromatic rings. The van der Waals surface area contributed by atoms with Crippen LogP contribution in [-0.2, 0) is 9.09 Å². The molecule has 0 saturated carbocycles. The second kappa shape index (κ2) is 18.2. The Balaban J connectivity index is 3.60. The third kappa shape index (κ3) is 16.3. The quantitative estimate of drug-likeness (QED) is 0.0900. The molecular formula is C25H51NO3P+. The first kappa shape index (κ1) is 29.6. The van der Waals surface area contributed by atoms with Crippen LogP contribution < -0.4 is 0 Å². The minimum Gasteiger partial charge on any atom is -0.320 e. The van der Waals surface area contributed by atoms with Crippen LogP contribution in [0.2, 0.25) is 0 Å². The lowest BCUT2D eigenvalue weighted by Gasteiger charge is -2.35. The van der Waals surface area contributed by atoms with Gasteiger partial charge in [-0.3, -0.25) is 4.57 Å². The van der Waals surface area contributed by atoms with Crippen molar-refractivity contribution in [3.63, 3.8) is 0 Å². The summed E-state index contributed by atoms with van der Waals surface area (Å²) in [5.74, 6) is -0.360. The minimum absolute atomic E-state index is 0.360. The van der Waals surface area contributed by atoms with E-state index in [1.54, 1.807) is 0 Å². The molecule has 2 unspecified atom stereocenters. The van der Waals surface area contributed by atoms with Crippen molar-refractivity contribution in [3.05, 3.63) is 24.3 Å². The second-order valence-corrected chi connectivity index (χ2v) is 11.3. The van der Waals surface area contributed by atoms with E-state index in [-0.39, 0.29) is 5.78 Å². The first-order valence-corrected chi connectivity index (χ1v) is 14.0. The fourth-order valence-electron chi connectivity index (χ4n) is 3.72. The van der Waals surface area contributed by atoms with Crippen molar-refractivity contribution in [2.75, 3.05) is 27.7 Å². The van der Waals surface area contributed by atoms with Crippen LogP contribution in [0.15, 0.2) is 24.3 Å². The topological polar surface area (TPSA) is 46.5 Å². The largest absolute Gasteiger partial charge is 0.385 e. The number of unbranched alkanes of at least 4 members (excludes halogenated alkanes) is 10. The summed E-state index contributed by atoms with van der Waals surface area (Å²) in [4.78, 5) is 10.2. The predicted molar refractivity (Wildman–Crippen MR) is 132 cm³/mol. The molecule has 0 aliphatic rings. The van der Waals surface area contributed by atoms with Gasteiger partial charge in [-0.1, -0.05) is 63.8 Å². The molecule has 0 aliphatic carbocycles. The van der Waals surface area contributed by atoms with Crippen LogP contribution in [0.5, 0.6) is 0 Å². The van der Waals surface area contributed by atoms with Gasteiger partial charge < -0.3 is 13.9 Å². The van der Waals surface area contributed by atoms with Crippen LogP contribution in [0.3, 0.4) is 0 Å². The number of quaternary nitrogens is 1. The summed E-state index contributed by atoms with van der Waals surface area (Å²) in [6, 6.07) is 0. The Morgan fingerprint density at radius 1 is 0.767 bits per heavy atom. The van der Waals surface area contributed by atoms with Crippen molar-refractivity contribution in [1.82, 2.24) is 0 Å². The molecule has 0 amide bonds. The van der Waals surface area contributed by atoms with Crippen LogP contribution >= 0.6 is 7.60 Å². The van der Waals surface area contributed by atoms with Gasteiger partial charge in [0, 0.05) is 6.42 Å². The summed E-state index contributed by atoms with van der Waals surface area (Å²) < 4.78 is 18.3. The Morgan fingerprint density at radius 3 is 1.60 bits per heavy atom. The van der Waals surface area contributed by atoms with E-state index < -0.39 is 7.60 Å². The van der Waals surface area contributed by atoms with Gasteiger partial charge in [0.25, 0.3) is 0 Å². The average molecular weight is 445 g/mol. The summed E-state index contributed by atoms with van der Waals surface area (Å²) in [5, 5.41) is 0. The second-order valence-electron chi connectivity index (χ2n) is 9.33. The van der Waals surface area contributed by atoms with Gasteiger partial charge >= 0.3 is 7.60 Å². The Kier molecular flexibility index (Phi) is 17.9. The standard InChI is InChI=1S/C25H50NO3P/c1-6-8-9-10-11-12-13-14-15-16-17-18-19-20-21-22-23-24-29-30(27,28)25(7-2)26(3,4)5/h12-13,18-19,25H,6-11,14-17,20-24H2,1-5H3/p+1/b13-12-,19-18-. The summed E-state index contributed by atoms with van der Waals surface area (Å²) in [7, 11) is 2.27. The predicted octanol–water partition coefficient (Wildman–Crippen LogP) is 7.83. The molecule has 178 valence electrons. The molecule has 0 bridgehead atoms. The zero-order valence-electron chi connectivity index (χ0n) is 20.7. The molecule has 0 spiro atoms. The van der Waals surface area contributed by atoms with Crippen molar-refractivity contribution in [1.29, 1.82) is 0 Å². The van der Waals surface area contributed by atoms with Gasteiger partial charge in [0.05, 0.1) is 27.7 Å². The SMILES string of the molecule is CCCCCC/C=C\CCCC/C=C\CCCCCOP(=O)(O)C(CC)[N+](C)(C)C. The van der Waals surface area contributed by atoms with E-state index in [9.17, 15) is 9.46 Å². The van der Waals surface area contributed by atoms with Gasteiger partial charge in [0.15, 0.2) is 5.78 Å². The smallest absolute Gasteiger partial charge is 0.320 e. The maximum atomic E-state index is 12.5. The molecule has 0 aliphatic heterocycles. The monoisotopic (exact) mass is 444 g/mol. The van der Waals surface area contributed by atoms with Gasteiger partial charge in [-0.2, -0.15) is 0 Å². The van der Waals surface area contributed by atoms with Crippen molar-refractivity contribution in [3.8, 4) is 0 Å². The van der Waals surface area contributed by atoms with Crippen molar-refractivity contribution in [2.45, 2.75) is 110 Å². The van der Waals surface area contributed by atoms with E-state index in [0.29, 0.717) is 17.5 Å². The zero-order valence-corrected chi connectivity index (χ0v) is 21.5. The molecule has 1 N–H and O–H groups in total. The molecule has 0 heterocycles. The number of nitrogens with zero attached hydrogens (tertiary/aromatic N) is 1. The Morgan fingerprint density at radius 2 is 1.20 bits per heavy atom. The molecule has 0 aromatic carbocycles. The van der Waals surface area contributed by atoms with E-state index >= 15 is 0 Å². The molecule has 2 atom stereocenters. The fourth-order valence-corrected chi connectivity index (χ4v) is 5.62. The van der Waals surface area contributed by atoms with Crippen LogP contribution in [0.4, 0.5) is 0 Å². The van der Waals surface area contributed by atoms with E-state index in [1.165, 1.54) is 57.8 Å². The van der Waals surface area contributed by atoms with Gasteiger partial charge in [-0.25, -0.2) is 0 Å². The Bertz CT molecular complexity index is 497. The summed E-state index contributed by atoms with van der Waals surface area (Å²) in [6.07, 6.45) is 25.6. The van der Waals surface area contributed by atoms with Crippen molar-refractivity contribution < 1.29 is 18.5 Å². The third-order valence-corrected chi connectivity index (χ3v) is 7.84. The first-order valence-electron chi connectivity index (χ1n) is 12.3. The summed E-state index contributed by atoms with van der Waals surface area (Å²) in [6.45, 7) is 4.58. The van der Waals surface area contributed by atoms with Crippen molar-refractivity contribution >= 4 is 7.60 Å². The molecule has 5 heteroatoms. The lowest BCUT2D eigenvalue weighted by molar-refractivity contribution is -0.883. The van der Waals surface area contributed by atoms with E-state index in [1.807, 2.05) is 28.1 Å². The van der Waals surface area contributed by atoms with E-state index in [2.05, 4.69) is 31.2 Å². The molecular weight excluding hydrogens is 393 g/mol. The number of hydrogen-bond acceptors (Lipinski definition) is 2. The molecule has 0 radical (unpaired) electrons. The lowest BCUT2D eigenvalue weighted by atomic mass is 10.1. The highest BCUT2D eigenvalue weighted by molar-refractivity contribution is 7.53. The van der Waals surface area contributed by atoms with E-state index in [0.717, 1.165) is 25.7 Å². The van der Waals surface area contributed by atoms with Crippen LogP contribution in [0.25, 0.3) is 0 Å². The Hall–Kier alpha value is -0.410. The van der Waals surface area contributed by atoms with Crippen LogP contribution in [0, 0.1) is 0 Å². The highest BCUT2D eigenvalue weighted by atomic mass is 31.2. The zero-order chi connectivity index (χ0) is 22.7. The number of hydrogen-bond donors (Lipinski definition) is 1. The number of rotatable bonds is 20. The van der Waals surface area contributed by atoms with Gasteiger partial charge in [0.2, 0.25) is 0 Å². The van der Waals surface area contributed by atoms with Crippen molar-refractivity contribution in [2.24, 2.45) is 0 Å². The molecule has 4 nitrogen and oxygen atoms in total. The third-order valence-electron chi connectivity index (χ3n) is 5.48. The molecule has 0 fully saturated rings. The molecule has 0 rings (SSSR count). The maximum Gasteiger partial charge on any atom is 0.385 e. The highest BCUT2D eigenvalue weighted by Gasteiger charge is 2.41. The highest BCUT2D eigenvalue weighted by Crippen LogP contribution is 2.51. The average Bonchev–Trinajstić information content (AvgIpc) is 2.66. The Labute approximate surface area is 187 Å². The minimum atomic E-state index is -3.56. The van der Waals surface area contributed by atoms with Gasteiger partial charge in [-0.15, -0.1) is 0 Å². The summed E-state index contributed by atoms with van der Waals surface area (Å²) >= 11 is 0. The first-order chi connectivity index (χ1) is 14.3.